The quantitative estimate of drug-likeness (QED) is 0.222. The van der Waals surface area contributed by atoms with Crippen LogP contribution in [0.5, 0.6) is 0 Å². The third kappa shape index (κ3) is 3.27. The van der Waals surface area contributed by atoms with Gasteiger partial charge < -0.3 is 4.57 Å². The zero-order valence-corrected chi connectivity index (χ0v) is 21.4. The van der Waals surface area contributed by atoms with E-state index in [2.05, 4.69) is 109 Å². The molecule has 0 bridgehead atoms. The van der Waals surface area contributed by atoms with Gasteiger partial charge in [0.25, 0.3) is 0 Å². The predicted octanol–water partition coefficient (Wildman–Crippen LogP) is 8.89. The fraction of sp³-hybridized carbons (Fsp3) is 0. The molecule has 40 heavy (non-hydrogen) atoms. The van der Waals surface area contributed by atoms with E-state index in [0.29, 0.717) is 5.69 Å². The summed E-state index contributed by atoms with van der Waals surface area (Å²) in [7, 11) is 0. The minimum atomic E-state index is 0.642. The van der Waals surface area contributed by atoms with E-state index in [0.717, 1.165) is 33.6 Å². The fourth-order valence-electron chi connectivity index (χ4n) is 5.92. The number of benzene rings is 5. The van der Waals surface area contributed by atoms with Crippen LogP contribution < -0.4 is 0 Å². The first-order valence-electron chi connectivity index (χ1n) is 13.1. The molecule has 0 radical (unpaired) electrons. The molecule has 0 aliphatic rings. The van der Waals surface area contributed by atoms with Gasteiger partial charge in [-0.25, -0.2) is 14.8 Å². The Hall–Kier alpha value is -5.73. The lowest BCUT2D eigenvalue weighted by Crippen LogP contribution is -1.96. The second kappa shape index (κ2) is 8.65. The Bertz CT molecular complexity index is 2270. The summed E-state index contributed by atoms with van der Waals surface area (Å²) in [6, 6.07) is 40.1. The molecule has 0 fully saturated rings. The molecule has 0 amide bonds. The van der Waals surface area contributed by atoms with Gasteiger partial charge in [-0.1, -0.05) is 60.7 Å². The van der Waals surface area contributed by atoms with E-state index in [1.165, 1.54) is 32.7 Å². The fourth-order valence-corrected chi connectivity index (χ4v) is 5.92. The van der Waals surface area contributed by atoms with Gasteiger partial charge in [-0.15, -0.1) is 0 Å². The van der Waals surface area contributed by atoms with Crippen molar-refractivity contribution in [3.8, 4) is 22.6 Å². The highest BCUT2D eigenvalue weighted by molar-refractivity contribution is 6.12. The van der Waals surface area contributed by atoms with Crippen LogP contribution in [0, 0.1) is 6.57 Å². The lowest BCUT2D eigenvalue weighted by Gasteiger charge is -2.09. The highest BCUT2D eigenvalue weighted by Gasteiger charge is 2.16. The van der Waals surface area contributed by atoms with Gasteiger partial charge in [0.15, 0.2) is 5.69 Å². The molecule has 0 atom stereocenters. The first kappa shape index (κ1) is 22.3. The van der Waals surface area contributed by atoms with Gasteiger partial charge in [0.2, 0.25) is 0 Å². The lowest BCUT2D eigenvalue weighted by molar-refractivity contribution is 1.04. The van der Waals surface area contributed by atoms with Crippen molar-refractivity contribution in [3.63, 3.8) is 0 Å². The maximum Gasteiger partial charge on any atom is 0.187 e. The molecule has 5 heteroatoms. The largest absolute Gasteiger partial charge is 0.309 e. The Morgan fingerprint density at radius 2 is 1.12 bits per heavy atom. The highest BCUT2D eigenvalue weighted by atomic mass is 15.1. The van der Waals surface area contributed by atoms with E-state index in [1.54, 1.807) is 12.5 Å². The Morgan fingerprint density at radius 1 is 0.550 bits per heavy atom. The van der Waals surface area contributed by atoms with Crippen molar-refractivity contribution in [2.24, 2.45) is 0 Å². The number of para-hydroxylation sites is 2. The monoisotopic (exact) mass is 511 g/mol. The van der Waals surface area contributed by atoms with Crippen molar-refractivity contribution >= 4 is 49.3 Å². The van der Waals surface area contributed by atoms with Crippen LogP contribution in [0.25, 0.3) is 71.1 Å². The molecule has 0 spiro atoms. The van der Waals surface area contributed by atoms with E-state index in [-0.39, 0.29) is 0 Å². The highest BCUT2D eigenvalue weighted by Crippen LogP contribution is 2.38. The third-order valence-corrected chi connectivity index (χ3v) is 7.71. The summed E-state index contributed by atoms with van der Waals surface area (Å²) in [5.74, 6) is 0.854. The van der Waals surface area contributed by atoms with Crippen LogP contribution in [0.3, 0.4) is 0 Å². The molecular formula is C35H21N5. The molecule has 0 saturated carbocycles. The van der Waals surface area contributed by atoms with Crippen LogP contribution in [0.15, 0.2) is 128 Å². The van der Waals surface area contributed by atoms with Gasteiger partial charge in [-0.05, 0) is 65.7 Å². The SMILES string of the molecule is [C-]#[N+]c1ccc(-n2c3ccccc3c3cc(-c4ccc5c(c4)c4ccccc4n5-c4ccncn4)ccc32)cc1. The molecule has 0 aliphatic heterocycles. The topological polar surface area (TPSA) is 40.0 Å². The Labute approximate surface area is 230 Å². The van der Waals surface area contributed by atoms with Crippen LogP contribution in [-0.2, 0) is 0 Å². The van der Waals surface area contributed by atoms with Crippen molar-refractivity contribution < 1.29 is 0 Å². The van der Waals surface area contributed by atoms with Crippen LogP contribution >= 0.6 is 0 Å². The molecule has 0 unspecified atom stereocenters. The Balaban J connectivity index is 1.34. The van der Waals surface area contributed by atoms with E-state index in [1.807, 2.05) is 30.3 Å². The molecule has 8 aromatic rings. The van der Waals surface area contributed by atoms with Crippen LogP contribution in [-0.4, -0.2) is 19.1 Å². The molecule has 0 aliphatic carbocycles. The summed E-state index contributed by atoms with van der Waals surface area (Å²) in [6.45, 7) is 7.31. The van der Waals surface area contributed by atoms with E-state index >= 15 is 0 Å². The second-order valence-electron chi connectivity index (χ2n) is 9.86. The number of hydrogen-bond donors (Lipinski definition) is 0. The minimum Gasteiger partial charge on any atom is -0.309 e. The maximum atomic E-state index is 7.31. The molecule has 0 saturated heterocycles. The van der Waals surface area contributed by atoms with Gasteiger partial charge in [0, 0.05) is 33.4 Å². The minimum absolute atomic E-state index is 0.642. The van der Waals surface area contributed by atoms with Crippen molar-refractivity contribution in [1.29, 1.82) is 0 Å². The molecule has 8 rings (SSSR count). The number of hydrogen-bond acceptors (Lipinski definition) is 2. The van der Waals surface area contributed by atoms with Crippen LogP contribution in [0.4, 0.5) is 5.69 Å². The number of rotatable bonds is 3. The van der Waals surface area contributed by atoms with E-state index in [9.17, 15) is 0 Å². The number of fused-ring (bicyclic) bond motifs is 6. The first-order valence-corrected chi connectivity index (χ1v) is 13.1. The molecular weight excluding hydrogens is 490 g/mol. The molecule has 186 valence electrons. The van der Waals surface area contributed by atoms with Crippen molar-refractivity contribution in [2.75, 3.05) is 0 Å². The third-order valence-electron chi connectivity index (χ3n) is 7.71. The number of nitrogens with zero attached hydrogens (tertiary/aromatic N) is 5. The van der Waals surface area contributed by atoms with Gasteiger partial charge in [0.1, 0.15) is 12.1 Å². The summed E-state index contributed by atoms with van der Waals surface area (Å²) >= 11 is 0. The van der Waals surface area contributed by atoms with Crippen LogP contribution in [0.2, 0.25) is 0 Å². The second-order valence-corrected chi connectivity index (χ2v) is 9.86. The predicted molar refractivity (Wildman–Crippen MR) is 162 cm³/mol. The molecule has 0 N–H and O–H groups in total. The average Bonchev–Trinajstić information content (AvgIpc) is 3.54. The lowest BCUT2D eigenvalue weighted by atomic mass is 10.0. The zero-order chi connectivity index (χ0) is 26.6. The summed E-state index contributed by atoms with van der Waals surface area (Å²) in [5, 5.41) is 4.79. The van der Waals surface area contributed by atoms with Crippen molar-refractivity contribution in [1.82, 2.24) is 19.1 Å². The number of aromatic nitrogens is 4. The molecule has 3 aromatic heterocycles. The van der Waals surface area contributed by atoms with Crippen molar-refractivity contribution in [3.05, 3.63) is 139 Å². The van der Waals surface area contributed by atoms with E-state index < -0.39 is 0 Å². The standard InChI is InChI=1S/C35H21N5/c1-36-25-12-14-26(15-13-25)39-31-8-4-2-6-27(31)29-20-23(10-16-33(29)39)24-11-17-34-30(21-24)28-7-3-5-9-32(28)40(34)35-18-19-37-22-38-35/h2-22H. The Kier molecular flexibility index (Phi) is 4.82. The maximum absolute atomic E-state index is 7.31. The normalized spacial score (nSPS) is 11.5. The average molecular weight is 512 g/mol. The molecule has 3 heterocycles. The van der Waals surface area contributed by atoms with Crippen molar-refractivity contribution in [2.45, 2.75) is 0 Å². The van der Waals surface area contributed by atoms with Gasteiger partial charge >= 0.3 is 0 Å². The smallest absolute Gasteiger partial charge is 0.187 e. The van der Waals surface area contributed by atoms with Gasteiger partial charge in [-0.2, -0.15) is 0 Å². The van der Waals surface area contributed by atoms with Gasteiger partial charge in [0.05, 0.1) is 28.6 Å². The molecule has 5 nitrogen and oxygen atoms in total. The summed E-state index contributed by atoms with van der Waals surface area (Å²) in [4.78, 5) is 12.2. The van der Waals surface area contributed by atoms with Gasteiger partial charge in [-0.3, -0.25) is 4.57 Å². The summed E-state index contributed by atoms with van der Waals surface area (Å²) in [5.41, 5.74) is 8.54. The molecule has 5 aromatic carbocycles. The Morgan fingerprint density at radius 3 is 1.73 bits per heavy atom. The summed E-state index contributed by atoms with van der Waals surface area (Å²) in [6.07, 6.45) is 3.37. The van der Waals surface area contributed by atoms with Crippen LogP contribution in [0.1, 0.15) is 0 Å². The van der Waals surface area contributed by atoms with E-state index in [4.69, 9.17) is 6.57 Å². The zero-order valence-electron chi connectivity index (χ0n) is 21.4. The first-order chi connectivity index (χ1) is 19.8. The summed E-state index contributed by atoms with van der Waals surface area (Å²) < 4.78 is 4.48.